The maximum Gasteiger partial charge on any atom is 0.189 e. The van der Waals surface area contributed by atoms with E-state index in [0.717, 1.165) is 28.5 Å². The van der Waals surface area contributed by atoms with Gasteiger partial charge in [0.05, 0.1) is 29.7 Å². The van der Waals surface area contributed by atoms with Crippen LogP contribution in [0.3, 0.4) is 0 Å². The normalized spacial score (nSPS) is 11.4. The second kappa shape index (κ2) is 7.52. The molecule has 0 amide bonds. The number of benzene rings is 1. The van der Waals surface area contributed by atoms with Gasteiger partial charge in [0.15, 0.2) is 11.4 Å². The quantitative estimate of drug-likeness (QED) is 0.430. The van der Waals surface area contributed by atoms with E-state index < -0.39 is 0 Å². The molecule has 5 rings (SSSR count). The summed E-state index contributed by atoms with van der Waals surface area (Å²) < 4.78 is 17.0. The molecule has 4 aromatic heterocycles. The van der Waals surface area contributed by atoms with Crippen molar-refractivity contribution < 1.29 is 9.18 Å². The van der Waals surface area contributed by atoms with Gasteiger partial charge >= 0.3 is 0 Å². The molecular formula is C23H20FN7O. The molecule has 32 heavy (non-hydrogen) atoms. The fraction of sp³-hybridized carbons (Fsp3) is 0.174. The monoisotopic (exact) mass is 429 g/mol. The summed E-state index contributed by atoms with van der Waals surface area (Å²) in [6.45, 7) is 3.76. The van der Waals surface area contributed by atoms with Crippen molar-refractivity contribution in [3.63, 3.8) is 0 Å². The van der Waals surface area contributed by atoms with Crippen molar-refractivity contribution in [1.82, 2.24) is 34.3 Å². The van der Waals surface area contributed by atoms with Gasteiger partial charge in [0.2, 0.25) is 0 Å². The van der Waals surface area contributed by atoms with Crippen molar-refractivity contribution in [1.29, 1.82) is 0 Å². The third-order valence-corrected chi connectivity index (χ3v) is 5.38. The molecule has 5 aromatic rings. The van der Waals surface area contributed by atoms with Crippen LogP contribution in [0.1, 0.15) is 27.7 Å². The molecule has 0 atom stereocenters. The maximum atomic E-state index is 13.4. The minimum Gasteiger partial charge on any atom is -0.330 e. The fourth-order valence-corrected chi connectivity index (χ4v) is 3.67. The average molecular weight is 429 g/mol. The SMILES string of the molecule is Cc1cc(C(=O)Cc2cn3nc(-c4c(-c5ccc(F)cc5)nc(C)n4C)ccc3n2)n[nH]1. The van der Waals surface area contributed by atoms with E-state index in [4.69, 9.17) is 5.10 Å². The van der Waals surface area contributed by atoms with Crippen LogP contribution in [0.5, 0.6) is 0 Å². The van der Waals surface area contributed by atoms with Gasteiger partial charge < -0.3 is 4.57 Å². The molecule has 0 aliphatic rings. The number of fused-ring (bicyclic) bond motifs is 1. The topological polar surface area (TPSA) is 93.8 Å². The number of carbonyl (C=O) groups is 1. The second-order valence-electron chi connectivity index (χ2n) is 7.71. The van der Waals surface area contributed by atoms with Gasteiger partial charge in [-0.2, -0.15) is 10.2 Å². The number of aromatic nitrogens is 7. The van der Waals surface area contributed by atoms with Crippen LogP contribution in [-0.4, -0.2) is 40.1 Å². The predicted molar refractivity (Wildman–Crippen MR) is 117 cm³/mol. The van der Waals surface area contributed by atoms with Crippen molar-refractivity contribution >= 4 is 11.4 Å². The number of nitrogens with zero attached hydrogens (tertiary/aromatic N) is 6. The van der Waals surface area contributed by atoms with Crippen molar-refractivity contribution in [2.75, 3.05) is 0 Å². The van der Waals surface area contributed by atoms with E-state index in [-0.39, 0.29) is 18.0 Å². The van der Waals surface area contributed by atoms with E-state index >= 15 is 0 Å². The van der Waals surface area contributed by atoms with Crippen LogP contribution >= 0.6 is 0 Å². The zero-order valence-corrected chi connectivity index (χ0v) is 17.8. The Kier molecular flexibility index (Phi) is 4.66. The first-order chi connectivity index (χ1) is 15.4. The lowest BCUT2D eigenvalue weighted by Gasteiger charge is -2.07. The third-order valence-electron chi connectivity index (χ3n) is 5.38. The fourth-order valence-electron chi connectivity index (χ4n) is 3.67. The molecule has 1 aromatic carbocycles. The predicted octanol–water partition coefficient (Wildman–Crippen LogP) is 3.70. The molecule has 0 bridgehead atoms. The zero-order valence-electron chi connectivity index (χ0n) is 17.8. The summed E-state index contributed by atoms with van der Waals surface area (Å²) >= 11 is 0. The molecule has 0 saturated carbocycles. The Labute approximate surface area is 182 Å². The Morgan fingerprint density at radius 2 is 1.88 bits per heavy atom. The lowest BCUT2D eigenvalue weighted by molar-refractivity contribution is 0.0987. The number of halogens is 1. The maximum absolute atomic E-state index is 13.4. The molecule has 160 valence electrons. The molecule has 0 spiro atoms. The van der Waals surface area contributed by atoms with E-state index in [1.54, 1.807) is 28.9 Å². The smallest absolute Gasteiger partial charge is 0.189 e. The zero-order chi connectivity index (χ0) is 22.4. The minimum atomic E-state index is -0.298. The Bertz CT molecular complexity index is 1460. The Hall–Kier alpha value is -4.14. The van der Waals surface area contributed by atoms with E-state index in [1.165, 1.54) is 12.1 Å². The number of imidazole rings is 2. The summed E-state index contributed by atoms with van der Waals surface area (Å²) in [5, 5.41) is 11.5. The number of aromatic amines is 1. The summed E-state index contributed by atoms with van der Waals surface area (Å²) in [6.07, 6.45) is 1.88. The van der Waals surface area contributed by atoms with Crippen LogP contribution in [0.25, 0.3) is 28.3 Å². The number of nitrogens with one attached hydrogen (secondary N) is 1. The number of ketones is 1. The first kappa shape index (κ1) is 19.8. The molecule has 1 N–H and O–H groups in total. The molecule has 0 saturated heterocycles. The molecule has 0 aliphatic carbocycles. The highest BCUT2D eigenvalue weighted by molar-refractivity contribution is 5.95. The van der Waals surface area contributed by atoms with Crippen LogP contribution in [0.2, 0.25) is 0 Å². The number of carbonyl (C=O) groups excluding carboxylic acids is 1. The number of Topliss-reactive ketones (excluding diaryl/α,β-unsaturated/α-hetero) is 1. The Morgan fingerprint density at radius 1 is 1.09 bits per heavy atom. The van der Waals surface area contributed by atoms with Crippen LogP contribution in [-0.2, 0) is 13.5 Å². The first-order valence-electron chi connectivity index (χ1n) is 10.1. The highest BCUT2D eigenvalue weighted by Gasteiger charge is 2.19. The number of rotatable bonds is 5. The minimum absolute atomic E-state index is 0.112. The Balaban J connectivity index is 1.52. The summed E-state index contributed by atoms with van der Waals surface area (Å²) in [4.78, 5) is 21.7. The van der Waals surface area contributed by atoms with Crippen molar-refractivity contribution in [2.45, 2.75) is 20.3 Å². The van der Waals surface area contributed by atoms with Crippen molar-refractivity contribution in [2.24, 2.45) is 7.05 Å². The number of hydrogen-bond acceptors (Lipinski definition) is 5. The highest BCUT2D eigenvalue weighted by atomic mass is 19.1. The van der Waals surface area contributed by atoms with E-state index in [1.807, 2.05) is 37.6 Å². The number of aryl methyl sites for hydroxylation is 2. The van der Waals surface area contributed by atoms with E-state index in [0.29, 0.717) is 22.7 Å². The molecule has 8 nitrogen and oxygen atoms in total. The summed E-state index contributed by atoms with van der Waals surface area (Å²) in [5.74, 6) is 0.402. The standard InChI is InChI=1S/C23H20FN7O/c1-13-10-19(28-27-13)20(32)11-17-12-31-21(26-17)9-8-18(29-31)23-22(25-14(2)30(23)3)15-4-6-16(24)7-5-15/h4-10,12H,11H2,1-3H3,(H,27,28). The van der Waals surface area contributed by atoms with Gasteiger partial charge in [-0.3, -0.25) is 9.89 Å². The molecule has 0 radical (unpaired) electrons. The van der Waals surface area contributed by atoms with E-state index in [2.05, 4.69) is 20.2 Å². The lowest BCUT2D eigenvalue weighted by atomic mass is 10.1. The van der Waals surface area contributed by atoms with E-state index in [9.17, 15) is 9.18 Å². The molecule has 9 heteroatoms. The van der Waals surface area contributed by atoms with Crippen molar-refractivity contribution in [3.05, 3.63) is 77.4 Å². The number of H-pyrrole nitrogens is 1. The lowest BCUT2D eigenvalue weighted by Crippen LogP contribution is -2.04. The summed E-state index contributed by atoms with van der Waals surface area (Å²) in [7, 11) is 1.92. The van der Waals surface area contributed by atoms with Gasteiger partial charge in [-0.15, -0.1) is 0 Å². The van der Waals surface area contributed by atoms with Crippen LogP contribution in [0.4, 0.5) is 4.39 Å². The van der Waals surface area contributed by atoms with Gasteiger partial charge in [0.1, 0.15) is 23.0 Å². The third kappa shape index (κ3) is 3.47. The largest absolute Gasteiger partial charge is 0.330 e. The molecule has 4 heterocycles. The van der Waals surface area contributed by atoms with Crippen molar-refractivity contribution in [3.8, 4) is 22.6 Å². The second-order valence-corrected chi connectivity index (χ2v) is 7.71. The molecule has 0 fully saturated rings. The summed E-state index contributed by atoms with van der Waals surface area (Å²) in [6, 6.07) is 11.7. The highest BCUT2D eigenvalue weighted by Crippen LogP contribution is 2.31. The van der Waals surface area contributed by atoms with Gasteiger partial charge in [0, 0.05) is 18.3 Å². The van der Waals surface area contributed by atoms with Gasteiger partial charge in [-0.25, -0.2) is 18.9 Å². The van der Waals surface area contributed by atoms with Gasteiger partial charge in [-0.1, -0.05) is 0 Å². The molecular weight excluding hydrogens is 409 g/mol. The number of hydrogen-bond donors (Lipinski definition) is 1. The summed E-state index contributed by atoms with van der Waals surface area (Å²) in [5.41, 5.74) is 5.50. The average Bonchev–Trinajstić information content (AvgIpc) is 3.45. The molecule has 0 unspecified atom stereocenters. The Morgan fingerprint density at radius 3 is 2.59 bits per heavy atom. The van der Waals surface area contributed by atoms with Gasteiger partial charge in [-0.05, 0) is 56.3 Å². The van der Waals surface area contributed by atoms with Crippen LogP contribution in [0, 0.1) is 19.7 Å². The first-order valence-corrected chi connectivity index (χ1v) is 10.1. The van der Waals surface area contributed by atoms with Crippen LogP contribution < -0.4 is 0 Å². The van der Waals surface area contributed by atoms with Gasteiger partial charge in [0.25, 0.3) is 0 Å². The molecule has 0 aliphatic heterocycles. The van der Waals surface area contributed by atoms with Crippen LogP contribution in [0.15, 0.2) is 48.7 Å².